The highest BCUT2D eigenvalue weighted by molar-refractivity contribution is 5.69. The van der Waals surface area contributed by atoms with Gasteiger partial charge in [-0.2, -0.15) is 0 Å². The highest BCUT2D eigenvalue weighted by Gasteiger charge is 2.13. The average molecular weight is 713 g/mol. The molecule has 0 rings (SSSR count). The second kappa shape index (κ2) is 44.3. The van der Waals surface area contributed by atoms with E-state index >= 15 is 0 Å². The van der Waals surface area contributed by atoms with Gasteiger partial charge in [0.15, 0.2) is 0 Å². The Morgan fingerprint density at radius 2 is 0.882 bits per heavy atom. The van der Waals surface area contributed by atoms with Crippen LogP contribution in [0.4, 0.5) is 0 Å². The summed E-state index contributed by atoms with van der Waals surface area (Å²) in [6.07, 6.45) is 58.6. The molecule has 0 saturated carbocycles. The maximum absolute atomic E-state index is 12.2. The van der Waals surface area contributed by atoms with Crippen LogP contribution in [-0.4, -0.2) is 37.0 Å². The van der Waals surface area contributed by atoms with Crippen molar-refractivity contribution in [3.63, 3.8) is 0 Å². The molecule has 0 aromatic heterocycles. The summed E-state index contributed by atoms with van der Waals surface area (Å²) in [5.74, 6) is -0.214. The van der Waals surface area contributed by atoms with Crippen molar-refractivity contribution in [2.45, 2.75) is 213 Å². The summed E-state index contributed by atoms with van der Waals surface area (Å²) in [6, 6.07) is 0. The second-order valence-electron chi connectivity index (χ2n) is 14.4. The molecule has 0 amide bonds. The lowest BCUT2D eigenvalue weighted by Gasteiger charge is -2.15. The smallest absolute Gasteiger partial charge is 0.306 e. The van der Waals surface area contributed by atoms with Crippen LogP contribution in [-0.2, 0) is 14.3 Å². The topological polar surface area (TPSA) is 55.8 Å². The molecule has 0 aliphatic carbocycles. The molecule has 1 unspecified atom stereocenters. The summed E-state index contributed by atoms with van der Waals surface area (Å²) >= 11 is 0. The van der Waals surface area contributed by atoms with Gasteiger partial charge in [0.05, 0.1) is 13.2 Å². The Bertz CT molecular complexity index is 839. The van der Waals surface area contributed by atoms with Crippen molar-refractivity contribution in [3.8, 4) is 0 Å². The molecular formula is C47H84O4. The number of carbonyl (C=O) groups is 1. The lowest BCUT2D eigenvalue weighted by atomic mass is 10.0. The van der Waals surface area contributed by atoms with Crippen molar-refractivity contribution in [2.24, 2.45) is 0 Å². The minimum atomic E-state index is -0.557. The van der Waals surface area contributed by atoms with E-state index in [9.17, 15) is 9.90 Å². The molecule has 296 valence electrons. The summed E-state index contributed by atoms with van der Waals surface area (Å²) in [5, 5.41) is 9.60. The van der Waals surface area contributed by atoms with E-state index in [0.29, 0.717) is 13.0 Å². The summed E-state index contributed by atoms with van der Waals surface area (Å²) in [4.78, 5) is 12.2. The van der Waals surface area contributed by atoms with E-state index in [-0.39, 0.29) is 19.2 Å². The molecule has 4 heteroatoms. The maximum Gasteiger partial charge on any atom is 0.306 e. The van der Waals surface area contributed by atoms with Crippen LogP contribution in [0, 0.1) is 0 Å². The molecule has 51 heavy (non-hydrogen) atoms. The van der Waals surface area contributed by atoms with E-state index in [0.717, 1.165) is 64.2 Å². The fourth-order valence-corrected chi connectivity index (χ4v) is 6.12. The van der Waals surface area contributed by atoms with Crippen molar-refractivity contribution in [3.05, 3.63) is 60.8 Å². The summed E-state index contributed by atoms with van der Waals surface area (Å²) in [6.45, 7) is 5.15. The zero-order valence-corrected chi connectivity index (χ0v) is 33.9. The molecule has 0 radical (unpaired) electrons. The van der Waals surface area contributed by atoms with Crippen LogP contribution in [0.1, 0.15) is 206 Å². The van der Waals surface area contributed by atoms with Crippen LogP contribution >= 0.6 is 0 Å². The third-order valence-electron chi connectivity index (χ3n) is 9.36. The molecule has 4 nitrogen and oxygen atoms in total. The molecule has 0 saturated heterocycles. The van der Waals surface area contributed by atoms with Gasteiger partial charge in [-0.05, 0) is 57.8 Å². The average Bonchev–Trinajstić information content (AvgIpc) is 3.14. The van der Waals surface area contributed by atoms with E-state index in [2.05, 4.69) is 74.6 Å². The SMILES string of the molecule is CC/C=C\C/C=C\C/C=C\C/C=C\C/C=C\CCCCOCC(CO)OC(=O)CCCCCCCCCCCCCCCCCCCCCCC. The zero-order chi connectivity index (χ0) is 37.0. The summed E-state index contributed by atoms with van der Waals surface area (Å²) < 4.78 is 11.1. The Morgan fingerprint density at radius 1 is 0.490 bits per heavy atom. The van der Waals surface area contributed by atoms with Crippen LogP contribution in [0.25, 0.3) is 0 Å². The quantitative estimate of drug-likeness (QED) is 0.0390. The first kappa shape index (κ1) is 49.1. The first-order valence-corrected chi connectivity index (χ1v) is 21.9. The number of hydrogen-bond acceptors (Lipinski definition) is 4. The predicted molar refractivity (Wildman–Crippen MR) is 223 cm³/mol. The molecule has 1 atom stereocenters. The second-order valence-corrected chi connectivity index (χ2v) is 14.4. The third-order valence-corrected chi connectivity index (χ3v) is 9.36. The van der Waals surface area contributed by atoms with Crippen molar-refractivity contribution in [1.82, 2.24) is 0 Å². The van der Waals surface area contributed by atoms with E-state index < -0.39 is 6.10 Å². The molecule has 0 heterocycles. The van der Waals surface area contributed by atoms with Gasteiger partial charge in [0.2, 0.25) is 0 Å². The minimum Gasteiger partial charge on any atom is -0.457 e. The van der Waals surface area contributed by atoms with Crippen LogP contribution in [0.5, 0.6) is 0 Å². The number of aliphatic hydroxyl groups excluding tert-OH is 1. The minimum absolute atomic E-state index is 0.189. The number of carbonyl (C=O) groups excluding carboxylic acids is 1. The lowest BCUT2D eigenvalue weighted by Crippen LogP contribution is -2.27. The van der Waals surface area contributed by atoms with Gasteiger partial charge >= 0.3 is 5.97 Å². The molecule has 0 fully saturated rings. The highest BCUT2D eigenvalue weighted by atomic mass is 16.6. The van der Waals surface area contributed by atoms with Gasteiger partial charge in [0, 0.05) is 13.0 Å². The Hall–Kier alpha value is -1.91. The molecule has 0 aromatic carbocycles. The third kappa shape index (κ3) is 42.4. The maximum atomic E-state index is 12.2. The van der Waals surface area contributed by atoms with Gasteiger partial charge in [0.25, 0.3) is 0 Å². The Morgan fingerprint density at radius 3 is 1.29 bits per heavy atom. The summed E-state index contributed by atoms with van der Waals surface area (Å²) in [7, 11) is 0. The number of rotatable bonds is 40. The number of hydrogen-bond donors (Lipinski definition) is 1. The van der Waals surface area contributed by atoms with E-state index in [1.807, 2.05) is 0 Å². The van der Waals surface area contributed by atoms with Crippen LogP contribution in [0.2, 0.25) is 0 Å². The largest absolute Gasteiger partial charge is 0.457 e. The van der Waals surface area contributed by atoms with Crippen LogP contribution < -0.4 is 0 Å². The van der Waals surface area contributed by atoms with Crippen LogP contribution in [0.3, 0.4) is 0 Å². The number of aliphatic hydroxyl groups is 1. The number of esters is 1. The molecular weight excluding hydrogens is 629 g/mol. The lowest BCUT2D eigenvalue weighted by molar-refractivity contribution is -0.154. The van der Waals surface area contributed by atoms with Crippen molar-refractivity contribution in [2.75, 3.05) is 19.8 Å². The Balaban J connectivity index is 3.48. The molecule has 0 aliphatic heterocycles. The first-order valence-electron chi connectivity index (χ1n) is 21.9. The van der Waals surface area contributed by atoms with Gasteiger partial charge < -0.3 is 14.6 Å². The normalized spacial score (nSPS) is 12.9. The van der Waals surface area contributed by atoms with Gasteiger partial charge in [-0.25, -0.2) is 0 Å². The van der Waals surface area contributed by atoms with Crippen molar-refractivity contribution >= 4 is 5.97 Å². The fourth-order valence-electron chi connectivity index (χ4n) is 6.12. The van der Waals surface area contributed by atoms with Crippen molar-refractivity contribution in [1.29, 1.82) is 0 Å². The fraction of sp³-hybridized carbons (Fsp3) is 0.766. The molecule has 0 bridgehead atoms. The van der Waals surface area contributed by atoms with Gasteiger partial charge in [0.1, 0.15) is 6.10 Å². The van der Waals surface area contributed by atoms with E-state index in [4.69, 9.17) is 9.47 Å². The van der Waals surface area contributed by atoms with Gasteiger partial charge in [-0.1, -0.05) is 203 Å². The molecule has 0 aliphatic rings. The van der Waals surface area contributed by atoms with Crippen LogP contribution in [0.15, 0.2) is 60.8 Å². The van der Waals surface area contributed by atoms with E-state index in [1.165, 1.54) is 122 Å². The number of unbranched alkanes of at least 4 members (excludes halogenated alkanes) is 22. The Labute approximate surface area is 317 Å². The zero-order valence-electron chi connectivity index (χ0n) is 33.9. The Kier molecular flexibility index (Phi) is 42.6. The molecule has 1 N–H and O–H groups in total. The molecule has 0 spiro atoms. The monoisotopic (exact) mass is 713 g/mol. The van der Waals surface area contributed by atoms with E-state index in [1.54, 1.807) is 0 Å². The first-order chi connectivity index (χ1) is 25.2. The number of allylic oxidation sites excluding steroid dienone is 10. The molecule has 0 aromatic rings. The van der Waals surface area contributed by atoms with Gasteiger partial charge in [-0.3, -0.25) is 4.79 Å². The highest BCUT2D eigenvalue weighted by Crippen LogP contribution is 2.15. The predicted octanol–water partition coefficient (Wildman–Crippen LogP) is 14.4. The van der Waals surface area contributed by atoms with Crippen molar-refractivity contribution < 1.29 is 19.4 Å². The summed E-state index contributed by atoms with van der Waals surface area (Å²) in [5.41, 5.74) is 0. The van der Waals surface area contributed by atoms with Gasteiger partial charge in [-0.15, -0.1) is 0 Å². The number of ether oxygens (including phenoxy) is 2. The standard InChI is InChI=1S/C47H84O4/c1-3-5-7-9-11-13-15-17-19-21-23-24-25-26-28-30-32-34-36-38-40-42-47(49)51-46(44-48)45-50-43-41-39-37-35-33-31-29-27-22-20-18-16-14-12-10-8-6-4-2/h6,8,12,14,18,20,27,29,33,35,46,48H,3-5,7,9-11,13,15-17,19,21-26,28,30-32,34,36-45H2,1-2H3/b8-6-,14-12-,20-18-,29-27-,35-33-.